The van der Waals surface area contributed by atoms with Crippen molar-refractivity contribution < 1.29 is 23.5 Å². The summed E-state index contributed by atoms with van der Waals surface area (Å²) in [5, 5.41) is 14.2. The highest BCUT2D eigenvalue weighted by molar-refractivity contribution is 6.03. The lowest BCUT2D eigenvalue weighted by Gasteiger charge is -2.19. The maximum Gasteiger partial charge on any atom is 0.233 e. The van der Waals surface area contributed by atoms with Crippen LogP contribution in [-0.2, 0) is 23.1 Å². The van der Waals surface area contributed by atoms with Gasteiger partial charge in [0.1, 0.15) is 11.6 Å². The molecular weight excluding hydrogens is 332 g/mol. The number of aliphatic hydroxyl groups is 1. The number of hydrogen-bond acceptors (Lipinski definition) is 4. The molecule has 0 aliphatic carbocycles. The zero-order chi connectivity index (χ0) is 18.1. The molecule has 0 bridgehead atoms. The van der Waals surface area contributed by atoms with E-state index in [2.05, 4.69) is 5.10 Å². The first-order chi connectivity index (χ1) is 11.8. The second kappa shape index (κ2) is 6.72. The fraction of sp³-hybridized carbons (Fsp3) is 0.353. The number of carbonyl (C=O) groups is 2. The summed E-state index contributed by atoms with van der Waals surface area (Å²) in [4.78, 5) is 25.5. The second-order valence-electron chi connectivity index (χ2n) is 6.15. The average molecular weight is 349 g/mol. The summed E-state index contributed by atoms with van der Waals surface area (Å²) in [6.45, 7) is -0.401. The fourth-order valence-corrected chi connectivity index (χ4v) is 3.01. The molecule has 6 nitrogen and oxygen atoms in total. The Hall–Kier alpha value is -2.61. The van der Waals surface area contributed by atoms with Crippen molar-refractivity contribution in [3.63, 3.8) is 0 Å². The Bertz CT molecular complexity index is 821. The number of aromatic nitrogens is 2. The highest BCUT2D eigenvalue weighted by Gasteiger charge is 2.39. The molecule has 25 heavy (non-hydrogen) atoms. The summed E-state index contributed by atoms with van der Waals surface area (Å²) in [6.07, 6.45) is 2.28. The summed E-state index contributed by atoms with van der Waals surface area (Å²) < 4.78 is 28.6. The van der Waals surface area contributed by atoms with Crippen LogP contribution < -0.4 is 0 Å². The van der Waals surface area contributed by atoms with Gasteiger partial charge in [-0.1, -0.05) is 0 Å². The maximum atomic E-state index is 13.7. The van der Waals surface area contributed by atoms with Crippen molar-refractivity contribution >= 4 is 11.8 Å². The quantitative estimate of drug-likeness (QED) is 0.827. The lowest BCUT2D eigenvalue weighted by Crippen LogP contribution is -2.35. The average Bonchev–Trinajstić information content (AvgIpc) is 3.08. The third kappa shape index (κ3) is 3.58. The van der Waals surface area contributed by atoms with Gasteiger partial charge in [-0.15, -0.1) is 0 Å². The Labute approximate surface area is 142 Å². The van der Waals surface area contributed by atoms with E-state index in [1.807, 2.05) is 0 Å². The fourth-order valence-electron chi connectivity index (χ4n) is 3.01. The van der Waals surface area contributed by atoms with Crippen molar-refractivity contribution in [3.05, 3.63) is 53.4 Å². The van der Waals surface area contributed by atoms with E-state index >= 15 is 0 Å². The molecule has 2 heterocycles. The molecular formula is C17H17F2N3O3. The first-order valence-corrected chi connectivity index (χ1v) is 7.80. The Morgan fingerprint density at radius 1 is 1.36 bits per heavy atom. The molecule has 0 saturated carbocycles. The van der Waals surface area contributed by atoms with Crippen molar-refractivity contribution in [2.75, 3.05) is 6.54 Å². The number of imide groups is 1. The summed E-state index contributed by atoms with van der Waals surface area (Å²) in [7, 11) is 1.75. The Morgan fingerprint density at radius 3 is 2.80 bits per heavy atom. The number of amides is 2. The Kier molecular flexibility index (Phi) is 4.63. The zero-order valence-corrected chi connectivity index (χ0v) is 13.5. The molecule has 1 fully saturated rings. The van der Waals surface area contributed by atoms with Gasteiger partial charge in [0.15, 0.2) is 0 Å². The maximum absolute atomic E-state index is 13.7. The lowest BCUT2D eigenvalue weighted by molar-refractivity contribution is -0.141. The third-order valence-electron chi connectivity index (χ3n) is 4.25. The zero-order valence-electron chi connectivity index (χ0n) is 13.5. The summed E-state index contributed by atoms with van der Waals surface area (Å²) >= 11 is 0. The Balaban J connectivity index is 1.71. The van der Waals surface area contributed by atoms with E-state index in [4.69, 9.17) is 0 Å². The molecule has 1 aromatic carbocycles. The van der Waals surface area contributed by atoms with Crippen LogP contribution in [0.1, 0.15) is 23.7 Å². The van der Waals surface area contributed by atoms with Crippen molar-refractivity contribution in [1.29, 1.82) is 0 Å². The van der Waals surface area contributed by atoms with Gasteiger partial charge in [0.2, 0.25) is 11.8 Å². The lowest BCUT2D eigenvalue weighted by atomic mass is 10.0. The minimum absolute atomic E-state index is 0.0199. The number of β-amino-alcohol motifs (C(OH)–C–C–N with tert-alkyl or cyclic N) is 1. The molecule has 2 aromatic rings. The van der Waals surface area contributed by atoms with E-state index in [0.29, 0.717) is 6.42 Å². The van der Waals surface area contributed by atoms with Crippen LogP contribution in [0.25, 0.3) is 0 Å². The van der Waals surface area contributed by atoms with Gasteiger partial charge in [-0.3, -0.25) is 19.2 Å². The number of aryl methyl sites for hydroxylation is 1. The molecule has 132 valence electrons. The second-order valence-corrected chi connectivity index (χ2v) is 6.15. The van der Waals surface area contributed by atoms with Crippen LogP contribution in [-0.4, -0.2) is 38.1 Å². The van der Waals surface area contributed by atoms with Gasteiger partial charge >= 0.3 is 0 Å². The number of likely N-dealkylation sites (tertiary alicyclic amines) is 1. The number of rotatable bonds is 5. The number of halogens is 2. The molecule has 2 unspecified atom stereocenters. The summed E-state index contributed by atoms with van der Waals surface area (Å²) in [6, 6.07) is 2.69. The predicted molar refractivity (Wildman–Crippen MR) is 83.1 cm³/mol. The molecule has 0 spiro atoms. The number of carbonyl (C=O) groups excluding carboxylic acids is 2. The highest BCUT2D eigenvalue weighted by Crippen LogP contribution is 2.27. The van der Waals surface area contributed by atoms with E-state index in [9.17, 15) is 23.5 Å². The van der Waals surface area contributed by atoms with E-state index < -0.39 is 42.0 Å². The van der Waals surface area contributed by atoms with Crippen molar-refractivity contribution in [3.8, 4) is 0 Å². The van der Waals surface area contributed by atoms with E-state index in [1.54, 1.807) is 24.1 Å². The molecule has 0 radical (unpaired) electrons. The Morgan fingerprint density at radius 2 is 2.12 bits per heavy atom. The van der Waals surface area contributed by atoms with Crippen LogP contribution in [0, 0.1) is 17.6 Å². The molecule has 2 atom stereocenters. The van der Waals surface area contributed by atoms with E-state index in [1.165, 1.54) is 0 Å². The molecule has 2 amide bonds. The SMILES string of the molecule is Cn1cc(CC2CC(=O)N(CC(O)c3cc(F)ccc3F)C2=O)cn1. The first-order valence-electron chi connectivity index (χ1n) is 7.80. The van der Waals surface area contributed by atoms with Gasteiger partial charge in [-0.2, -0.15) is 5.10 Å². The van der Waals surface area contributed by atoms with Crippen molar-refractivity contribution in [1.82, 2.24) is 14.7 Å². The van der Waals surface area contributed by atoms with Gasteiger partial charge < -0.3 is 5.11 Å². The predicted octanol–water partition coefficient (Wildman–Crippen LogP) is 1.35. The third-order valence-corrected chi connectivity index (χ3v) is 4.25. The molecule has 3 rings (SSSR count). The van der Waals surface area contributed by atoms with Crippen LogP contribution in [0.4, 0.5) is 8.78 Å². The molecule has 1 aromatic heterocycles. The number of benzene rings is 1. The van der Waals surface area contributed by atoms with Gasteiger partial charge in [-0.05, 0) is 30.2 Å². The first kappa shape index (κ1) is 17.2. The van der Waals surface area contributed by atoms with Gasteiger partial charge in [0.05, 0.1) is 24.8 Å². The monoisotopic (exact) mass is 349 g/mol. The molecule has 1 aliphatic rings. The van der Waals surface area contributed by atoms with Crippen LogP contribution in [0.3, 0.4) is 0 Å². The van der Waals surface area contributed by atoms with Crippen LogP contribution in [0.2, 0.25) is 0 Å². The molecule has 8 heteroatoms. The summed E-state index contributed by atoms with van der Waals surface area (Å²) in [5.41, 5.74) is 0.545. The van der Waals surface area contributed by atoms with E-state index in [0.717, 1.165) is 28.7 Å². The number of hydrogen-bond donors (Lipinski definition) is 1. The van der Waals surface area contributed by atoms with Crippen LogP contribution >= 0.6 is 0 Å². The number of nitrogens with zero attached hydrogens (tertiary/aromatic N) is 3. The highest BCUT2D eigenvalue weighted by atomic mass is 19.1. The smallest absolute Gasteiger partial charge is 0.233 e. The topological polar surface area (TPSA) is 75.4 Å². The van der Waals surface area contributed by atoms with E-state index in [-0.39, 0.29) is 12.0 Å². The number of aliphatic hydroxyl groups excluding tert-OH is 1. The van der Waals surface area contributed by atoms with Gasteiger partial charge in [-0.25, -0.2) is 8.78 Å². The minimum atomic E-state index is -1.49. The van der Waals surface area contributed by atoms with Crippen molar-refractivity contribution in [2.45, 2.75) is 18.9 Å². The molecule has 1 aliphatic heterocycles. The van der Waals surface area contributed by atoms with Crippen LogP contribution in [0.15, 0.2) is 30.6 Å². The van der Waals surface area contributed by atoms with Gasteiger partial charge in [0, 0.05) is 25.2 Å². The normalized spacial score (nSPS) is 18.9. The molecule has 1 N–H and O–H groups in total. The standard InChI is InChI=1S/C17H17F2N3O3/c1-21-8-10(7-20-21)4-11-5-16(24)22(17(11)25)9-15(23)13-6-12(18)2-3-14(13)19/h2-3,6-8,11,15,23H,4-5,9H2,1H3. The van der Waals surface area contributed by atoms with Gasteiger partial charge in [0.25, 0.3) is 0 Å². The molecule has 1 saturated heterocycles. The summed E-state index contributed by atoms with van der Waals surface area (Å²) in [5.74, 6) is -2.90. The van der Waals surface area contributed by atoms with Crippen molar-refractivity contribution in [2.24, 2.45) is 13.0 Å². The minimum Gasteiger partial charge on any atom is -0.386 e. The largest absolute Gasteiger partial charge is 0.386 e. The van der Waals surface area contributed by atoms with Crippen LogP contribution in [0.5, 0.6) is 0 Å².